The van der Waals surface area contributed by atoms with Crippen LogP contribution in [0.3, 0.4) is 0 Å². The van der Waals surface area contributed by atoms with Gasteiger partial charge in [-0.15, -0.1) is 10.2 Å². The van der Waals surface area contributed by atoms with Gasteiger partial charge in [0.2, 0.25) is 0 Å². The Balaban J connectivity index is 2.01. The summed E-state index contributed by atoms with van der Waals surface area (Å²) in [6.45, 7) is 8.70. The topological polar surface area (TPSA) is 34.0 Å². The van der Waals surface area contributed by atoms with Crippen LogP contribution in [0.25, 0.3) is 0 Å². The number of rotatable bonds is 5. The highest BCUT2D eigenvalue weighted by atomic mass is 32.1. The van der Waals surface area contributed by atoms with Gasteiger partial charge in [-0.1, -0.05) is 13.8 Å². The molecule has 5 heteroatoms. The SMILES string of the molecule is CCC(CC)(CS)CN1CCn2cnnc2C1. The van der Waals surface area contributed by atoms with E-state index in [2.05, 4.69) is 46.1 Å². The summed E-state index contributed by atoms with van der Waals surface area (Å²) >= 11 is 4.54. The van der Waals surface area contributed by atoms with E-state index in [0.717, 1.165) is 37.8 Å². The summed E-state index contributed by atoms with van der Waals surface area (Å²) in [5, 5.41) is 8.13. The van der Waals surface area contributed by atoms with Crippen molar-refractivity contribution >= 4 is 12.6 Å². The summed E-state index contributed by atoms with van der Waals surface area (Å²) in [5.41, 5.74) is 0.352. The summed E-state index contributed by atoms with van der Waals surface area (Å²) in [6, 6.07) is 0. The van der Waals surface area contributed by atoms with Crippen molar-refractivity contribution in [1.29, 1.82) is 0 Å². The van der Waals surface area contributed by atoms with E-state index in [-0.39, 0.29) is 0 Å². The van der Waals surface area contributed by atoms with Crippen LogP contribution in [0, 0.1) is 5.41 Å². The molecule has 1 aromatic rings. The van der Waals surface area contributed by atoms with Gasteiger partial charge in [0.25, 0.3) is 0 Å². The van der Waals surface area contributed by atoms with E-state index in [4.69, 9.17) is 0 Å². The largest absolute Gasteiger partial charge is 0.315 e. The number of thiol groups is 1. The molecule has 17 heavy (non-hydrogen) atoms. The summed E-state index contributed by atoms with van der Waals surface area (Å²) in [6.07, 6.45) is 4.21. The molecule has 0 saturated carbocycles. The van der Waals surface area contributed by atoms with Gasteiger partial charge in [-0.25, -0.2) is 0 Å². The average molecular weight is 254 g/mol. The Bertz CT molecular complexity index is 351. The normalized spacial score (nSPS) is 17.1. The summed E-state index contributed by atoms with van der Waals surface area (Å²) < 4.78 is 2.15. The third-order valence-electron chi connectivity index (χ3n) is 4.11. The molecular formula is C12H22N4S. The molecule has 0 fully saturated rings. The minimum absolute atomic E-state index is 0.352. The Morgan fingerprint density at radius 1 is 1.35 bits per heavy atom. The highest BCUT2D eigenvalue weighted by molar-refractivity contribution is 7.80. The van der Waals surface area contributed by atoms with E-state index in [1.54, 1.807) is 0 Å². The second kappa shape index (κ2) is 5.40. The van der Waals surface area contributed by atoms with Crippen molar-refractivity contribution < 1.29 is 0 Å². The van der Waals surface area contributed by atoms with E-state index in [1.807, 2.05) is 6.33 Å². The number of nitrogens with zero attached hydrogens (tertiary/aromatic N) is 4. The lowest BCUT2D eigenvalue weighted by atomic mass is 9.83. The molecule has 2 heterocycles. The first-order valence-electron chi connectivity index (χ1n) is 6.43. The Morgan fingerprint density at radius 2 is 2.12 bits per heavy atom. The standard InChI is InChI=1S/C12H22N4S/c1-3-12(4-2,9-17)8-15-5-6-16-10-13-14-11(16)7-15/h10,17H,3-9H2,1-2H3. The molecule has 1 aliphatic rings. The van der Waals surface area contributed by atoms with Crippen molar-refractivity contribution in [2.75, 3.05) is 18.8 Å². The smallest absolute Gasteiger partial charge is 0.147 e. The molecule has 0 aliphatic carbocycles. The Hall–Kier alpha value is -0.550. The van der Waals surface area contributed by atoms with Gasteiger partial charge in [0.05, 0.1) is 6.54 Å². The summed E-state index contributed by atoms with van der Waals surface area (Å²) in [7, 11) is 0. The maximum atomic E-state index is 4.54. The molecule has 0 unspecified atom stereocenters. The van der Waals surface area contributed by atoms with Crippen LogP contribution in [0.2, 0.25) is 0 Å². The van der Waals surface area contributed by atoms with Gasteiger partial charge < -0.3 is 4.57 Å². The predicted octanol–water partition coefficient (Wildman–Crippen LogP) is 1.83. The van der Waals surface area contributed by atoms with Crippen molar-refractivity contribution in [2.24, 2.45) is 5.41 Å². The van der Waals surface area contributed by atoms with Gasteiger partial charge in [-0.3, -0.25) is 4.90 Å². The molecule has 96 valence electrons. The van der Waals surface area contributed by atoms with Crippen LogP contribution in [0.5, 0.6) is 0 Å². The quantitative estimate of drug-likeness (QED) is 0.814. The fourth-order valence-corrected chi connectivity index (χ4v) is 3.02. The van der Waals surface area contributed by atoms with E-state index in [1.165, 1.54) is 12.8 Å². The zero-order valence-electron chi connectivity index (χ0n) is 10.8. The molecule has 0 aromatic carbocycles. The predicted molar refractivity (Wildman–Crippen MR) is 72.2 cm³/mol. The van der Waals surface area contributed by atoms with Crippen molar-refractivity contribution in [2.45, 2.75) is 39.8 Å². The summed E-state index contributed by atoms with van der Waals surface area (Å²) in [5.74, 6) is 2.06. The highest BCUT2D eigenvalue weighted by Crippen LogP contribution is 2.30. The van der Waals surface area contributed by atoms with Gasteiger partial charge in [0.15, 0.2) is 0 Å². The van der Waals surface area contributed by atoms with Gasteiger partial charge in [0, 0.05) is 19.6 Å². The minimum Gasteiger partial charge on any atom is -0.315 e. The van der Waals surface area contributed by atoms with Crippen LogP contribution in [-0.4, -0.2) is 38.5 Å². The maximum Gasteiger partial charge on any atom is 0.147 e. The first-order valence-corrected chi connectivity index (χ1v) is 7.06. The van der Waals surface area contributed by atoms with Crippen molar-refractivity contribution in [3.63, 3.8) is 0 Å². The molecule has 2 rings (SSSR count). The molecule has 0 N–H and O–H groups in total. The Labute approximate surface area is 109 Å². The van der Waals surface area contributed by atoms with E-state index in [9.17, 15) is 0 Å². The zero-order chi connectivity index (χ0) is 12.3. The molecule has 1 aromatic heterocycles. The van der Waals surface area contributed by atoms with Crippen LogP contribution in [0.4, 0.5) is 0 Å². The molecule has 0 atom stereocenters. The first kappa shape index (κ1) is 12.9. The lowest BCUT2D eigenvalue weighted by Gasteiger charge is -2.37. The third-order valence-corrected chi connectivity index (χ3v) is 4.78. The number of fused-ring (bicyclic) bond motifs is 1. The molecule has 0 bridgehead atoms. The molecule has 0 saturated heterocycles. The van der Waals surface area contributed by atoms with Gasteiger partial charge >= 0.3 is 0 Å². The molecule has 4 nitrogen and oxygen atoms in total. The molecule has 1 aliphatic heterocycles. The van der Waals surface area contributed by atoms with E-state index >= 15 is 0 Å². The number of hydrogen-bond donors (Lipinski definition) is 1. The van der Waals surface area contributed by atoms with Crippen LogP contribution >= 0.6 is 12.6 Å². The Kier molecular flexibility index (Phi) is 4.09. The van der Waals surface area contributed by atoms with Crippen LogP contribution in [0.1, 0.15) is 32.5 Å². The summed E-state index contributed by atoms with van der Waals surface area (Å²) in [4.78, 5) is 2.49. The van der Waals surface area contributed by atoms with Crippen molar-refractivity contribution in [1.82, 2.24) is 19.7 Å². The molecular weight excluding hydrogens is 232 g/mol. The minimum atomic E-state index is 0.352. The van der Waals surface area contributed by atoms with Gasteiger partial charge in [0.1, 0.15) is 12.2 Å². The molecule has 0 radical (unpaired) electrons. The zero-order valence-corrected chi connectivity index (χ0v) is 11.7. The second-order valence-corrected chi connectivity index (χ2v) is 5.33. The second-order valence-electron chi connectivity index (χ2n) is 5.02. The van der Waals surface area contributed by atoms with Gasteiger partial charge in [-0.2, -0.15) is 12.6 Å². The Morgan fingerprint density at radius 3 is 2.76 bits per heavy atom. The highest BCUT2D eigenvalue weighted by Gasteiger charge is 2.29. The first-order chi connectivity index (χ1) is 8.23. The number of aromatic nitrogens is 3. The van der Waals surface area contributed by atoms with Gasteiger partial charge in [-0.05, 0) is 24.0 Å². The van der Waals surface area contributed by atoms with Crippen LogP contribution in [-0.2, 0) is 13.1 Å². The number of hydrogen-bond acceptors (Lipinski definition) is 4. The lowest BCUT2D eigenvalue weighted by Crippen LogP contribution is -2.42. The van der Waals surface area contributed by atoms with Crippen LogP contribution < -0.4 is 0 Å². The fourth-order valence-electron chi connectivity index (χ4n) is 2.47. The van der Waals surface area contributed by atoms with Crippen molar-refractivity contribution in [3.8, 4) is 0 Å². The lowest BCUT2D eigenvalue weighted by molar-refractivity contribution is 0.129. The monoisotopic (exact) mass is 254 g/mol. The maximum absolute atomic E-state index is 4.54. The molecule has 0 spiro atoms. The average Bonchev–Trinajstić information content (AvgIpc) is 2.83. The van der Waals surface area contributed by atoms with Crippen LogP contribution in [0.15, 0.2) is 6.33 Å². The third kappa shape index (κ3) is 2.65. The molecule has 0 amide bonds. The fraction of sp³-hybridized carbons (Fsp3) is 0.833. The van der Waals surface area contributed by atoms with E-state index in [0.29, 0.717) is 5.41 Å². The van der Waals surface area contributed by atoms with Crippen molar-refractivity contribution in [3.05, 3.63) is 12.2 Å². The van der Waals surface area contributed by atoms with E-state index < -0.39 is 0 Å².